The van der Waals surface area contributed by atoms with Crippen LogP contribution in [0.5, 0.6) is 5.75 Å². The number of rotatable bonds is 6. The minimum atomic E-state index is -0.282. The average molecular weight is 292 g/mol. The lowest BCUT2D eigenvalue weighted by Crippen LogP contribution is -2.43. The highest BCUT2D eigenvalue weighted by Gasteiger charge is 2.34. The van der Waals surface area contributed by atoms with Crippen LogP contribution in [0.15, 0.2) is 24.3 Å². The molecule has 0 radical (unpaired) electrons. The summed E-state index contributed by atoms with van der Waals surface area (Å²) in [5, 5.41) is 6.14. The molecule has 1 unspecified atom stereocenters. The fourth-order valence-corrected chi connectivity index (χ4v) is 2.55. The Morgan fingerprint density at radius 2 is 2.19 bits per heavy atom. The number of ether oxygens (including phenoxy) is 2. The second kappa shape index (κ2) is 6.91. The molecule has 0 saturated carbocycles. The van der Waals surface area contributed by atoms with Gasteiger partial charge < -0.3 is 20.1 Å². The Kier molecular flexibility index (Phi) is 5.20. The fourth-order valence-electron chi connectivity index (χ4n) is 2.55. The maximum Gasteiger partial charge on any atom is 0.234 e. The maximum absolute atomic E-state index is 12.0. The molecule has 1 atom stereocenters. The van der Waals surface area contributed by atoms with Gasteiger partial charge in [-0.25, -0.2) is 0 Å². The molecule has 1 amide bonds. The minimum Gasteiger partial charge on any atom is -0.487 e. The molecule has 0 aliphatic carbocycles. The summed E-state index contributed by atoms with van der Waals surface area (Å²) in [4.78, 5) is 12.0. The molecule has 0 aromatic heterocycles. The van der Waals surface area contributed by atoms with Gasteiger partial charge in [-0.3, -0.25) is 4.79 Å². The summed E-state index contributed by atoms with van der Waals surface area (Å²) in [5.41, 5.74) is 0.762. The van der Waals surface area contributed by atoms with Crippen molar-refractivity contribution in [1.29, 1.82) is 0 Å². The van der Waals surface area contributed by atoms with Crippen molar-refractivity contribution in [3.8, 4) is 5.75 Å². The second-order valence-corrected chi connectivity index (χ2v) is 5.89. The van der Waals surface area contributed by atoms with Gasteiger partial charge in [-0.2, -0.15) is 0 Å². The van der Waals surface area contributed by atoms with E-state index in [-0.39, 0.29) is 17.6 Å². The molecule has 0 saturated heterocycles. The lowest BCUT2D eigenvalue weighted by molar-refractivity contribution is -0.121. The van der Waals surface area contributed by atoms with Crippen molar-refractivity contribution in [2.24, 2.45) is 0 Å². The predicted molar refractivity (Wildman–Crippen MR) is 81.4 cm³/mol. The maximum atomic E-state index is 12.0. The van der Waals surface area contributed by atoms with E-state index in [1.54, 1.807) is 7.11 Å². The van der Waals surface area contributed by atoms with Gasteiger partial charge in [0.1, 0.15) is 11.4 Å². The van der Waals surface area contributed by atoms with Crippen molar-refractivity contribution in [1.82, 2.24) is 10.6 Å². The number of benzene rings is 1. The Morgan fingerprint density at radius 1 is 1.43 bits per heavy atom. The van der Waals surface area contributed by atoms with Crippen LogP contribution in [-0.4, -0.2) is 38.3 Å². The van der Waals surface area contributed by atoms with Gasteiger partial charge in [-0.05, 0) is 19.9 Å². The van der Waals surface area contributed by atoms with Crippen LogP contribution in [0.3, 0.4) is 0 Å². The molecule has 1 aliphatic heterocycles. The summed E-state index contributed by atoms with van der Waals surface area (Å²) >= 11 is 0. The van der Waals surface area contributed by atoms with Gasteiger partial charge in [-0.1, -0.05) is 18.2 Å². The number of hydrogen-bond acceptors (Lipinski definition) is 4. The van der Waals surface area contributed by atoms with Crippen LogP contribution < -0.4 is 15.4 Å². The number of carbonyl (C=O) groups excluding carboxylic acids is 1. The van der Waals surface area contributed by atoms with Gasteiger partial charge in [0.25, 0.3) is 0 Å². The number of nitrogens with one attached hydrogen (secondary N) is 2. The van der Waals surface area contributed by atoms with Crippen LogP contribution in [0, 0.1) is 0 Å². The third kappa shape index (κ3) is 4.44. The average Bonchev–Trinajstić information content (AvgIpc) is 2.42. The Morgan fingerprint density at radius 3 is 2.95 bits per heavy atom. The zero-order chi connectivity index (χ0) is 15.3. The first-order valence-electron chi connectivity index (χ1n) is 7.29. The van der Waals surface area contributed by atoms with Crippen LogP contribution in [0.1, 0.15) is 31.9 Å². The number of hydrogen-bond donors (Lipinski definition) is 2. The standard InChI is InChI=1S/C16H24N2O3/c1-16(2)10-13(12-6-4-5-7-14(12)21-16)18-15(19)11-17-8-9-20-3/h4-7,13,17H,8-11H2,1-3H3,(H,18,19). The third-order valence-corrected chi connectivity index (χ3v) is 3.48. The van der Waals surface area contributed by atoms with Gasteiger partial charge in [0.2, 0.25) is 5.91 Å². The summed E-state index contributed by atoms with van der Waals surface area (Å²) in [6.07, 6.45) is 0.758. The van der Waals surface area contributed by atoms with E-state index in [9.17, 15) is 4.79 Å². The van der Waals surface area contributed by atoms with Crippen molar-refractivity contribution >= 4 is 5.91 Å². The lowest BCUT2D eigenvalue weighted by atomic mass is 9.89. The van der Waals surface area contributed by atoms with Gasteiger partial charge in [0.15, 0.2) is 0 Å². The van der Waals surface area contributed by atoms with Gasteiger partial charge in [0, 0.05) is 25.6 Å². The molecule has 21 heavy (non-hydrogen) atoms. The molecule has 1 aromatic carbocycles. The molecule has 116 valence electrons. The molecular weight excluding hydrogens is 268 g/mol. The van der Waals surface area contributed by atoms with Crippen LogP contribution >= 0.6 is 0 Å². The molecule has 1 aliphatic rings. The molecule has 5 nitrogen and oxygen atoms in total. The van der Waals surface area contributed by atoms with Crippen LogP contribution in [0.4, 0.5) is 0 Å². The molecule has 0 bridgehead atoms. The first kappa shape index (κ1) is 15.8. The third-order valence-electron chi connectivity index (χ3n) is 3.48. The molecule has 0 fully saturated rings. The zero-order valence-corrected chi connectivity index (χ0v) is 12.9. The van der Waals surface area contributed by atoms with Crippen molar-refractivity contribution in [3.05, 3.63) is 29.8 Å². The first-order chi connectivity index (χ1) is 10.0. The summed E-state index contributed by atoms with van der Waals surface area (Å²) < 4.78 is 10.9. The van der Waals surface area contributed by atoms with E-state index in [0.717, 1.165) is 17.7 Å². The van der Waals surface area contributed by atoms with Gasteiger partial charge >= 0.3 is 0 Å². The van der Waals surface area contributed by atoms with E-state index in [0.29, 0.717) is 19.7 Å². The van der Waals surface area contributed by atoms with E-state index in [2.05, 4.69) is 10.6 Å². The largest absolute Gasteiger partial charge is 0.487 e. The van der Waals surface area contributed by atoms with E-state index >= 15 is 0 Å². The van der Waals surface area contributed by atoms with Gasteiger partial charge in [0.05, 0.1) is 19.2 Å². The van der Waals surface area contributed by atoms with Crippen LogP contribution in [-0.2, 0) is 9.53 Å². The van der Waals surface area contributed by atoms with E-state index in [4.69, 9.17) is 9.47 Å². The molecule has 5 heteroatoms. The molecule has 0 spiro atoms. The molecule has 2 N–H and O–H groups in total. The highest BCUT2D eigenvalue weighted by atomic mass is 16.5. The Labute approximate surface area is 126 Å². The van der Waals surface area contributed by atoms with Crippen LogP contribution in [0.2, 0.25) is 0 Å². The van der Waals surface area contributed by atoms with E-state index in [1.165, 1.54) is 0 Å². The van der Waals surface area contributed by atoms with Crippen molar-refractivity contribution in [3.63, 3.8) is 0 Å². The van der Waals surface area contributed by atoms with E-state index < -0.39 is 0 Å². The van der Waals surface area contributed by atoms with Crippen molar-refractivity contribution in [2.45, 2.75) is 31.9 Å². The predicted octanol–water partition coefficient (Wildman–Crippen LogP) is 1.64. The monoisotopic (exact) mass is 292 g/mol. The Bertz CT molecular complexity index is 488. The number of carbonyl (C=O) groups is 1. The normalized spacial score (nSPS) is 19.5. The van der Waals surface area contributed by atoms with Crippen molar-refractivity contribution in [2.75, 3.05) is 26.8 Å². The number of fused-ring (bicyclic) bond motifs is 1. The number of methoxy groups -OCH3 is 1. The summed E-state index contributed by atoms with van der Waals surface area (Å²) in [6.45, 7) is 5.64. The number of para-hydroxylation sites is 1. The Balaban J connectivity index is 1.97. The topological polar surface area (TPSA) is 59.6 Å². The van der Waals surface area contributed by atoms with Crippen molar-refractivity contribution < 1.29 is 14.3 Å². The lowest BCUT2D eigenvalue weighted by Gasteiger charge is -2.37. The highest BCUT2D eigenvalue weighted by molar-refractivity contribution is 5.78. The quantitative estimate of drug-likeness (QED) is 0.783. The summed E-state index contributed by atoms with van der Waals surface area (Å²) in [6, 6.07) is 7.86. The zero-order valence-electron chi connectivity index (χ0n) is 12.9. The minimum absolute atomic E-state index is 0.0105. The van der Waals surface area contributed by atoms with Crippen LogP contribution in [0.25, 0.3) is 0 Å². The smallest absolute Gasteiger partial charge is 0.234 e. The first-order valence-corrected chi connectivity index (χ1v) is 7.29. The van der Waals surface area contributed by atoms with E-state index in [1.807, 2.05) is 38.1 Å². The summed E-state index contributed by atoms with van der Waals surface area (Å²) in [7, 11) is 1.64. The Hall–Kier alpha value is -1.59. The molecule has 1 aromatic rings. The van der Waals surface area contributed by atoms with Gasteiger partial charge in [-0.15, -0.1) is 0 Å². The molecule has 2 rings (SSSR count). The highest BCUT2D eigenvalue weighted by Crippen LogP contribution is 2.39. The summed E-state index contributed by atoms with van der Waals surface area (Å²) in [5.74, 6) is 0.843. The second-order valence-electron chi connectivity index (χ2n) is 5.89. The molecular formula is C16H24N2O3. The number of amides is 1. The molecule has 1 heterocycles. The fraction of sp³-hybridized carbons (Fsp3) is 0.562. The SMILES string of the molecule is COCCNCC(=O)NC1CC(C)(C)Oc2ccccc21.